The molecule has 72 valence electrons. The molecule has 0 fully saturated rings. The van der Waals surface area contributed by atoms with Crippen LogP contribution in [0.5, 0.6) is 0 Å². The highest BCUT2D eigenvalue weighted by Crippen LogP contribution is 2.14. The Morgan fingerprint density at radius 3 is 2.46 bits per heavy atom. The summed E-state index contributed by atoms with van der Waals surface area (Å²) in [6, 6.07) is 3.50. The fraction of sp³-hybridized carbons (Fsp3) is 0.500. The lowest BCUT2D eigenvalue weighted by Gasteiger charge is -2.14. The van der Waals surface area contributed by atoms with E-state index in [-0.39, 0.29) is 17.5 Å². The Hall–Kier alpha value is -1.09. The number of pyridine rings is 1. The predicted octanol–water partition coefficient (Wildman–Crippen LogP) is 1.34. The molecule has 0 unspecified atom stereocenters. The summed E-state index contributed by atoms with van der Waals surface area (Å²) in [4.78, 5) is 14.2. The fourth-order valence-electron chi connectivity index (χ4n) is 1.20. The lowest BCUT2D eigenvalue weighted by molar-refractivity contribution is 0.509. The predicted molar refractivity (Wildman–Crippen MR) is 53.6 cm³/mol. The van der Waals surface area contributed by atoms with E-state index >= 15 is 0 Å². The second kappa shape index (κ2) is 3.75. The molecule has 0 amide bonds. The van der Waals surface area contributed by atoms with Gasteiger partial charge in [-0.2, -0.15) is 0 Å². The maximum Gasteiger partial charge on any atom is 0.252 e. The topological polar surface area (TPSA) is 58.9 Å². The lowest BCUT2D eigenvalue weighted by atomic mass is 9.98. The summed E-state index contributed by atoms with van der Waals surface area (Å²) in [7, 11) is 0. The van der Waals surface area contributed by atoms with Gasteiger partial charge in [0.2, 0.25) is 0 Å². The van der Waals surface area contributed by atoms with Crippen molar-refractivity contribution in [2.24, 2.45) is 11.7 Å². The third-order valence-electron chi connectivity index (χ3n) is 2.16. The molecule has 0 spiro atoms. The van der Waals surface area contributed by atoms with Gasteiger partial charge in [-0.3, -0.25) is 4.79 Å². The number of nitrogens with two attached hydrogens (primary N) is 1. The minimum absolute atomic E-state index is 0.0683. The Kier molecular flexibility index (Phi) is 2.88. The third kappa shape index (κ3) is 2.18. The van der Waals surface area contributed by atoms with E-state index in [4.69, 9.17) is 5.73 Å². The van der Waals surface area contributed by atoms with Crippen molar-refractivity contribution < 1.29 is 0 Å². The summed E-state index contributed by atoms with van der Waals surface area (Å²) >= 11 is 0. The highest BCUT2D eigenvalue weighted by Gasteiger charge is 2.13. The van der Waals surface area contributed by atoms with Crippen molar-refractivity contribution >= 4 is 0 Å². The first-order valence-electron chi connectivity index (χ1n) is 4.47. The van der Waals surface area contributed by atoms with Crippen LogP contribution in [0.1, 0.15) is 31.1 Å². The Morgan fingerprint density at radius 2 is 2.00 bits per heavy atom. The summed E-state index contributed by atoms with van der Waals surface area (Å²) in [6.45, 7) is 5.86. The van der Waals surface area contributed by atoms with Gasteiger partial charge in [0.05, 0.1) is 0 Å². The molecule has 0 radical (unpaired) electrons. The molecule has 0 aliphatic carbocycles. The maximum absolute atomic E-state index is 11.5. The molecule has 0 aromatic carbocycles. The van der Waals surface area contributed by atoms with Crippen LogP contribution in [0, 0.1) is 12.8 Å². The number of nitrogens with one attached hydrogen (secondary N) is 1. The maximum atomic E-state index is 11.5. The van der Waals surface area contributed by atoms with Gasteiger partial charge in [-0.25, -0.2) is 0 Å². The molecule has 3 N–H and O–H groups in total. The Balaban J connectivity index is 3.09. The van der Waals surface area contributed by atoms with Crippen molar-refractivity contribution in [3.05, 3.63) is 33.7 Å². The summed E-state index contributed by atoms with van der Waals surface area (Å²) in [5.41, 5.74) is 7.33. The second-order valence-electron chi connectivity index (χ2n) is 3.70. The number of rotatable bonds is 2. The third-order valence-corrected chi connectivity index (χ3v) is 2.16. The van der Waals surface area contributed by atoms with Gasteiger partial charge >= 0.3 is 0 Å². The zero-order valence-electron chi connectivity index (χ0n) is 8.29. The van der Waals surface area contributed by atoms with Crippen LogP contribution in [0.3, 0.4) is 0 Å². The molecule has 13 heavy (non-hydrogen) atoms. The zero-order valence-corrected chi connectivity index (χ0v) is 8.29. The van der Waals surface area contributed by atoms with Crippen molar-refractivity contribution in [3.63, 3.8) is 0 Å². The molecule has 3 nitrogen and oxygen atoms in total. The zero-order chi connectivity index (χ0) is 10.0. The van der Waals surface area contributed by atoms with Crippen LogP contribution in [0.2, 0.25) is 0 Å². The van der Waals surface area contributed by atoms with Crippen LogP contribution in [0.4, 0.5) is 0 Å². The molecule has 1 atom stereocenters. The van der Waals surface area contributed by atoms with E-state index in [0.717, 1.165) is 5.69 Å². The number of aryl methyl sites for hydroxylation is 1. The van der Waals surface area contributed by atoms with E-state index in [2.05, 4.69) is 4.98 Å². The molecular formula is C10H16N2O. The van der Waals surface area contributed by atoms with Crippen molar-refractivity contribution in [2.45, 2.75) is 26.8 Å². The summed E-state index contributed by atoms with van der Waals surface area (Å²) in [5, 5.41) is 0. The van der Waals surface area contributed by atoms with Crippen LogP contribution < -0.4 is 11.3 Å². The standard InChI is InChI=1S/C10H16N2O/c1-6(2)9(11)8-5-4-7(3)12-10(8)13/h4-6,9H,11H2,1-3H3,(H,12,13)/t9-/m0/s1. The van der Waals surface area contributed by atoms with Gasteiger partial charge in [-0.1, -0.05) is 19.9 Å². The molecule has 1 aromatic heterocycles. The quantitative estimate of drug-likeness (QED) is 0.721. The van der Waals surface area contributed by atoms with Gasteiger partial charge in [0.25, 0.3) is 5.56 Å². The van der Waals surface area contributed by atoms with Crippen LogP contribution in [-0.4, -0.2) is 4.98 Å². The average molecular weight is 180 g/mol. The minimum Gasteiger partial charge on any atom is -0.326 e. The van der Waals surface area contributed by atoms with Crippen LogP contribution >= 0.6 is 0 Å². The first-order chi connectivity index (χ1) is 6.02. The van der Waals surface area contributed by atoms with E-state index < -0.39 is 0 Å². The molecule has 0 saturated carbocycles. The lowest BCUT2D eigenvalue weighted by Crippen LogP contribution is -2.25. The van der Waals surface area contributed by atoms with E-state index in [1.54, 1.807) is 6.07 Å². The van der Waals surface area contributed by atoms with Crippen molar-refractivity contribution in [1.29, 1.82) is 0 Å². The van der Waals surface area contributed by atoms with Gasteiger partial charge < -0.3 is 10.7 Å². The van der Waals surface area contributed by atoms with Gasteiger partial charge in [-0.15, -0.1) is 0 Å². The monoisotopic (exact) mass is 180 g/mol. The molecule has 0 saturated heterocycles. The summed E-state index contributed by atoms with van der Waals surface area (Å²) in [5.74, 6) is 0.281. The highest BCUT2D eigenvalue weighted by atomic mass is 16.1. The molecule has 1 aromatic rings. The van der Waals surface area contributed by atoms with E-state index in [9.17, 15) is 4.79 Å². The SMILES string of the molecule is Cc1ccc([C@@H](N)C(C)C)c(=O)[nH]1. The number of hydrogen-bond acceptors (Lipinski definition) is 2. The highest BCUT2D eigenvalue weighted by molar-refractivity contribution is 5.17. The summed E-state index contributed by atoms with van der Waals surface area (Å²) in [6.07, 6.45) is 0. The number of hydrogen-bond donors (Lipinski definition) is 2. The van der Waals surface area contributed by atoms with Crippen molar-refractivity contribution in [2.75, 3.05) is 0 Å². The summed E-state index contributed by atoms with van der Waals surface area (Å²) < 4.78 is 0. The van der Waals surface area contributed by atoms with E-state index in [1.165, 1.54) is 0 Å². The van der Waals surface area contributed by atoms with Gasteiger partial charge in [-0.05, 0) is 18.9 Å². The number of aromatic amines is 1. The van der Waals surface area contributed by atoms with Gasteiger partial charge in [0.1, 0.15) is 0 Å². The second-order valence-corrected chi connectivity index (χ2v) is 3.70. The molecule has 0 aliphatic rings. The van der Waals surface area contributed by atoms with Crippen molar-refractivity contribution in [1.82, 2.24) is 4.98 Å². The Bertz CT molecular complexity index is 341. The number of H-pyrrole nitrogens is 1. The molecular weight excluding hydrogens is 164 g/mol. The van der Waals surface area contributed by atoms with Crippen LogP contribution in [0.15, 0.2) is 16.9 Å². The first-order valence-corrected chi connectivity index (χ1v) is 4.47. The molecule has 1 heterocycles. The molecule has 3 heteroatoms. The molecule has 0 bridgehead atoms. The van der Waals surface area contributed by atoms with E-state index in [0.29, 0.717) is 5.56 Å². The van der Waals surface area contributed by atoms with Gasteiger partial charge in [0.15, 0.2) is 0 Å². The smallest absolute Gasteiger partial charge is 0.252 e. The normalized spacial score (nSPS) is 13.3. The van der Waals surface area contributed by atoms with E-state index in [1.807, 2.05) is 26.8 Å². The van der Waals surface area contributed by atoms with Crippen molar-refractivity contribution in [3.8, 4) is 0 Å². The fourth-order valence-corrected chi connectivity index (χ4v) is 1.20. The molecule has 1 rings (SSSR count). The van der Waals surface area contributed by atoms with Gasteiger partial charge in [0, 0.05) is 17.3 Å². The average Bonchev–Trinajstić information content (AvgIpc) is 2.03. The Labute approximate surface area is 78.0 Å². The number of aromatic nitrogens is 1. The van der Waals surface area contributed by atoms with Crippen LogP contribution in [-0.2, 0) is 0 Å². The van der Waals surface area contributed by atoms with Crippen LogP contribution in [0.25, 0.3) is 0 Å². The Morgan fingerprint density at radius 1 is 1.38 bits per heavy atom. The first kappa shape index (κ1) is 9.99. The minimum atomic E-state index is -0.177. The largest absolute Gasteiger partial charge is 0.326 e. The molecule has 0 aliphatic heterocycles.